The summed E-state index contributed by atoms with van der Waals surface area (Å²) in [5, 5.41) is 0. The Morgan fingerprint density at radius 1 is 1.29 bits per heavy atom. The fraction of sp³-hybridized carbons (Fsp3) is 0.375. The number of fused-ring (bicyclic) bond motifs is 1. The fourth-order valence-electron chi connectivity index (χ4n) is 2.08. The third-order valence-electron chi connectivity index (χ3n) is 2.99. The summed E-state index contributed by atoms with van der Waals surface area (Å²) in [6.07, 6.45) is 5.72. The van der Waals surface area contributed by atoms with Crippen molar-refractivity contribution in [2.24, 2.45) is 5.73 Å². The van der Waals surface area contributed by atoms with Crippen LogP contribution in [0.5, 0.6) is 0 Å². The van der Waals surface area contributed by atoms with Gasteiger partial charge in [-0.05, 0) is 54.5 Å². The van der Waals surface area contributed by atoms with Gasteiger partial charge < -0.3 is 5.73 Å². The van der Waals surface area contributed by atoms with Gasteiger partial charge in [-0.2, -0.15) is 0 Å². The number of benzene rings is 1. The average Bonchev–Trinajstić information content (AvgIpc) is 2.80. The van der Waals surface area contributed by atoms with Crippen LogP contribution in [0.25, 0.3) is 6.08 Å². The lowest BCUT2D eigenvalue weighted by molar-refractivity contribution is 0.911. The Hall–Kier alpha value is -1.50. The van der Waals surface area contributed by atoms with E-state index in [1.165, 1.54) is 36.0 Å². The van der Waals surface area contributed by atoms with E-state index in [1.807, 2.05) is 26.8 Å². The van der Waals surface area contributed by atoms with Crippen molar-refractivity contribution < 1.29 is 0 Å². The summed E-state index contributed by atoms with van der Waals surface area (Å²) in [7, 11) is 0. The molecule has 1 aliphatic rings. The molecule has 1 nitrogen and oxygen atoms in total. The van der Waals surface area contributed by atoms with Crippen molar-refractivity contribution in [3.8, 4) is 0 Å². The fourth-order valence-corrected chi connectivity index (χ4v) is 2.08. The summed E-state index contributed by atoms with van der Waals surface area (Å²) in [6, 6.07) is 6.47. The molecule has 0 radical (unpaired) electrons. The molecule has 0 aromatic heterocycles. The van der Waals surface area contributed by atoms with Gasteiger partial charge in [-0.15, -0.1) is 0 Å². The highest BCUT2D eigenvalue weighted by Crippen LogP contribution is 2.26. The number of hydrogen-bond acceptors (Lipinski definition) is 1. The molecule has 0 bridgehead atoms. The molecule has 1 heteroatoms. The first-order chi connectivity index (χ1) is 8.18. The highest BCUT2D eigenvalue weighted by molar-refractivity contribution is 5.62. The van der Waals surface area contributed by atoms with E-state index in [4.69, 9.17) is 5.73 Å². The van der Waals surface area contributed by atoms with E-state index in [9.17, 15) is 0 Å². The summed E-state index contributed by atoms with van der Waals surface area (Å²) >= 11 is 0. The standard InChI is InChI=1S/C14H17N.C2H6/c1-10(2)14(15)9-12-7-3-5-11-6-4-8-13(11)12;1-2/h3,5,7,9H,1,4,6,8,15H2,2H3;1-2H3/b14-9-;. The van der Waals surface area contributed by atoms with E-state index in [0.29, 0.717) is 0 Å². The predicted molar refractivity (Wildman–Crippen MR) is 76.8 cm³/mol. The summed E-state index contributed by atoms with van der Waals surface area (Å²) in [6.45, 7) is 9.79. The number of hydrogen-bond donors (Lipinski definition) is 1. The van der Waals surface area contributed by atoms with Gasteiger partial charge >= 0.3 is 0 Å². The Labute approximate surface area is 105 Å². The Kier molecular flexibility index (Phi) is 5.02. The maximum Gasteiger partial charge on any atom is 0.0343 e. The number of allylic oxidation sites excluding steroid dienone is 1. The second kappa shape index (κ2) is 6.29. The van der Waals surface area contributed by atoms with Gasteiger partial charge in [0.1, 0.15) is 0 Å². The zero-order chi connectivity index (χ0) is 12.8. The van der Waals surface area contributed by atoms with Crippen molar-refractivity contribution in [1.82, 2.24) is 0 Å². The lowest BCUT2D eigenvalue weighted by Gasteiger charge is -2.05. The second-order valence-corrected chi connectivity index (χ2v) is 4.22. The summed E-state index contributed by atoms with van der Waals surface area (Å²) < 4.78 is 0. The molecule has 0 amide bonds. The molecule has 1 aromatic carbocycles. The minimum atomic E-state index is 0.787. The Morgan fingerprint density at radius 3 is 2.65 bits per heavy atom. The van der Waals surface area contributed by atoms with Crippen molar-refractivity contribution in [2.45, 2.75) is 40.0 Å². The third kappa shape index (κ3) is 3.23. The minimum absolute atomic E-state index is 0.787. The minimum Gasteiger partial charge on any atom is -0.399 e. The van der Waals surface area contributed by atoms with Crippen molar-refractivity contribution in [2.75, 3.05) is 0 Å². The first-order valence-electron chi connectivity index (χ1n) is 6.42. The molecule has 0 unspecified atom stereocenters. The van der Waals surface area contributed by atoms with Crippen LogP contribution in [-0.2, 0) is 12.8 Å². The van der Waals surface area contributed by atoms with E-state index in [0.717, 1.165) is 11.3 Å². The van der Waals surface area contributed by atoms with Crippen LogP contribution in [0.3, 0.4) is 0 Å². The van der Waals surface area contributed by atoms with Gasteiger partial charge in [0.05, 0.1) is 0 Å². The third-order valence-corrected chi connectivity index (χ3v) is 2.99. The molecule has 92 valence electrons. The molecular weight excluding hydrogens is 206 g/mol. The van der Waals surface area contributed by atoms with E-state index >= 15 is 0 Å². The molecule has 0 spiro atoms. The topological polar surface area (TPSA) is 26.0 Å². The predicted octanol–water partition coefficient (Wildman–Crippen LogP) is 4.08. The zero-order valence-electron chi connectivity index (χ0n) is 11.2. The molecule has 0 saturated carbocycles. The van der Waals surface area contributed by atoms with E-state index in [-0.39, 0.29) is 0 Å². The monoisotopic (exact) mass is 229 g/mol. The van der Waals surface area contributed by atoms with Gasteiger partial charge in [0.15, 0.2) is 0 Å². The molecule has 0 saturated heterocycles. The summed E-state index contributed by atoms with van der Waals surface area (Å²) in [4.78, 5) is 0. The van der Waals surface area contributed by atoms with Crippen molar-refractivity contribution in [1.29, 1.82) is 0 Å². The van der Waals surface area contributed by atoms with Crippen molar-refractivity contribution in [3.63, 3.8) is 0 Å². The normalized spacial score (nSPS) is 13.7. The van der Waals surface area contributed by atoms with Crippen LogP contribution in [0.15, 0.2) is 36.0 Å². The summed E-state index contributed by atoms with van der Waals surface area (Å²) in [5.41, 5.74) is 11.9. The number of nitrogens with two attached hydrogens (primary N) is 1. The second-order valence-electron chi connectivity index (χ2n) is 4.22. The maximum atomic E-state index is 5.90. The molecular formula is C16H23N. The van der Waals surface area contributed by atoms with Gasteiger partial charge in [-0.1, -0.05) is 38.6 Å². The summed E-state index contributed by atoms with van der Waals surface area (Å²) in [5.74, 6) is 0. The maximum absolute atomic E-state index is 5.90. The van der Waals surface area contributed by atoms with Crippen molar-refractivity contribution >= 4 is 6.08 Å². The molecule has 1 aliphatic carbocycles. The van der Waals surface area contributed by atoms with Crippen LogP contribution in [0, 0.1) is 0 Å². The zero-order valence-corrected chi connectivity index (χ0v) is 11.2. The van der Waals surface area contributed by atoms with Crippen LogP contribution < -0.4 is 5.73 Å². The molecule has 1 aromatic rings. The van der Waals surface area contributed by atoms with Gasteiger partial charge in [-0.25, -0.2) is 0 Å². The van der Waals surface area contributed by atoms with E-state index in [2.05, 4.69) is 24.8 Å². The molecule has 17 heavy (non-hydrogen) atoms. The van der Waals surface area contributed by atoms with Crippen LogP contribution in [-0.4, -0.2) is 0 Å². The Bertz CT molecular complexity index is 427. The van der Waals surface area contributed by atoms with Crippen LogP contribution in [0.4, 0.5) is 0 Å². The number of rotatable bonds is 2. The molecule has 0 atom stereocenters. The quantitative estimate of drug-likeness (QED) is 0.760. The van der Waals surface area contributed by atoms with Gasteiger partial charge in [0, 0.05) is 5.70 Å². The Balaban J connectivity index is 0.000000686. The van der Waals surface area contributed by atoms with Crippen molar-refractivity contribution in [3.05, 3.63) is 52.7 Å². The smallest absolute Gasteiger partial charge is 0.0343 e. The Morgan fingerprint density at radius 2 is 2.00 bits per heavy atom. The number of aryl methyl sites for hydroxylation is 1. The molecule has 2 N–H and O–H groups in total. The SMILES string of the molecule is C=C(C)/C(N)=C/c1cccc2c1CCC2.CC. The molecule has 2 rings (SSSR count). The van der Waals surface area contributed by atoms with Gasteiger partial charge in [0.2, 0.25) is 0 Å². The van der Waals surface area contributed by atoms with Gasteiger partial charge in [-0.3, -0.25) is 0 Å². The lowest BCUT2D eigenvalue weighted by atomic mass is 10.0. The molecule has 0 fully saturated rings. The van der Waals surface area contributed by atoms with Gasteiger partial charge in [0.25, 0.3) is 0 Å². The largest absolute Gasteiger partial charge is 0.399 e. The van der Waals surface area contributed by atoms with Crippen LogP contribution >= 0.6 is 0 Å². The first kappa shape index (κ1) is 13.6. The van der Waals surface area contributed by atoms with E-state index in [1.54, 1.807) is 0 Å². The molecule has 0 aliphatic heterocycles. The highest BCUT2D eigenvalue weighted by Gasteiger charge is 2.12. The van der Waals surface area contributed by atoms with Crippen LogP contribution in [0.2, 0.25) is 0 Å². The first-order valence-corrected chi connectivity index (χ1v) is 6.42. The highest BCUT2D eigenvalue weighted by atomic mass is 14.6. The van der Waals surface area contributed by atoms with Crippen LogP contribution in [0.1, 0.15) is 43.9 Å². The molecule has 0 heterocycles. The average molecular weight is 229 g/mol. The van der Waals surface area contributed by atoms with E-state index < -0.39 is 0 Å². The lowest BCUT2D eigenvalue weighted by Crippen LogP contribution is -1.98.